The van der Waals surface area contributed by atoms with Crippen LogP contribution in [0.3, 0.4) is 0 Å². The summed E-state index contributed by atoms with van der Waals surface area (Å²) < 4.78 is 0. The lowest BCUT2D eigenvalue weighted by molar-refractivity contribution is 0.0927. The maximum atomic E-state index is 12.3. The lowest BCUT2D eigenvalue weighted by Gasteiger charge is -2.22. The normalized spacial score (nSPS) is 14.7. The van der Waals surface area contributed by atoms with Crippen molar-refractivity contribution in [2.24, 2.45) is 0 Å². The molecule has 5 heteroatoms. The summed E-state index contributed by atoms with van der Waals surface area (Å²) in [5.74, 6) is -0.261. The number of amides is 2. The topological polar surface area (TPSA) is 84.2 Å². The summed E-state index contributed by atoms with van der Waals surface area (Å²) in [6.07, 6.45) is 5.74. The van der Waals surface area contributed by atoms with Gasteiger partial charge in [0.1, 0.15) is 0 Å². The number of benzene rings is 2. The Morgan fingerprint density at radius 1 is 0.800 bits per heavy atom. The van der Waals surface area contributed by atoms with Gasteiger partial charge in [0, 0.05) is 28.5 Å². The van der Waals surface area contributed by atoms with Crippen molar-refractivity contribution in [1.29, 1.82) is 0 Å². The molecule has 5 nitrogen and oxygen atoms in total. The predicted molar refractivity (Wildman–Crippen MR) is 99.6 cm³/mol. The molecule has 0 heterocycles. The first-order valence-corrected chi connectivity index (χ1v) is 8.69. The molecule has 2 aromatic carbocycles. The minimum Gasteiger partial charge on any atom is -0.399 e. The van der Waals surface area contributed by atoms with E-state index in [0.29, 0.717) is 22.5 Å². The van der Waals surface area contributed by atoms with Crippen molar-refractivity contribution in [1.82, 2.24) is 5.32 Å². The molecule has 2 amide bonds. The Kier molecular flexibility index (Phi) is 5.33. The summed E-state index contributed by atoms with van der Waals surface area (Å²) in [6, 6.07) is 14.0. The fraction of sp³-hybridized carbons (Fsp3) is 0.300. The highest BCUT2D eigenvalue weighted by Gasteiger charge is 2.16. The molecule has 2 aromatic rings. The maximum Gasteiger partial charge on any atom is 0.255 e. The van der Waals surface area contributed by atoms with Crippen molar-refractivity contribution < 1.29 is 9.59 Å². The molecule has 25 heavy (non-hydrogen) atoms. The van der Waals surface area contributed by atoms with E-state index in [9.17, 15) is 9.59 Å². The van der Waals surface area contributed by atoms with Crippen LogP contribution in [0, 0.1) is 0 Å². The average Bonchev–Trinajstić information content (AvgIpc) is 2.63. The summed E-state index contributed by atoms with van der Waals surface area (Å²) in [7, 11) is 0. The Bertz CT molecular complexity index is 733. The molecule has 4 N–H and O–H groups in total. The molecule has 0 saturated heterocycles. The monoisotopic (exact) mass is 337 g/mol. The van der Waals surface area contributed by atoms with Crippen molar-refractivity contribution in [2.45, 2.75) is 38.1 Å². The van der Waals surface area contributed by atoms with Gasteiger partial charge in [-0.25, -0.2) is 0 Å². The maximum absolute atomic E-state index is 12.3. The van der Waals surface area contributed by atoms with Crippen LogP contribution in [0.2, 0.25) is 0 Å². The molecule has 1 fully saturated rings. The molecule has 3 rings (SSSR count). The van der Waals surface area contributed by atoms with Crippen LogP contribution in [0.5, 0.6) is 0 Å². The van der Waals surface area contributed by atoms with E-state index in [1.165, 1.54) is 19.3 Å². The van der Waals surface area contributed by atoms with E-state index in [-0.39, 0.29) is 17.9 Å². The van der Waals surface area contributed by atoms with Crippen molar-refractivity contribution in [3.05, 3.63) is 59.7 Å². The third-order valence-electron chi connectivity index (χ3n) is 4.52. The van der Waals surface area contributed by atoms with Crippen LogP contribution in [-0.4, -0.2) is 17.9 Å². The van der Waals surface area contributed by atoms with Crippen LogP contribution in [0.4, 0.5) is 11.4 Å². The molecule has 0 atom stereocenters. The molecule has 0 bridgehead atoms. The SMILES string of the molecule is Nc1ccc(C(=O)Nc2ccc(C(=O)NC3CCCCC3)cc2)cc1. The molecule has 0 spiro atoms. The van der Waals surface area contributed by atoms with Gasteiger partial charge >= 0.3 is 0 Å². The Hall–Kier alpha value is -2.82. The van der Waals surface area contributed by atoms with Crippen LogP contribution in [0.25, 0.3) is 0 Å². The van der Waals surface area contributed by atoms with E-state index < -0.39 is 0 Å². The van der Waals surface area contributed by atoms with Crippen LogP contribution in [0.1, 0.15) is 52.8 Å². The van der Waals surface area contributed by atoms with E-state index in [4.69, 9.17) is 5.73 Å². The number of nitrogen functional groups attached to an aromatic ring is 1. The molecule has 0 aliphatic heterocycles. The van der Waals surface area contributed by atoms with Crippen LogP contribution >= 0.6 is 0 Å². The van der Waals surface area contributed by atoms with Crippen molar-refractivity contribution in [3.8, 4) is 0 Å². The second kappa shape index (κ2) is 7.83. The minimum atomic E-state index is -0.209. The highest BCUT2D eigenvalue weighted by atomic mass is 16.2. The lowest BCUT2D eigenvalue weighted by Crippen LogP contribution is -2.36. The Morgan fingerprint density at radius 3 is 2.00 bits per heavy atom. The highest BCUT2D eigenvalue weighted by Crippen LogP contribution is 2.18. The van der Waals surface area contributed by atoms with Gasteiger partial charge in [0.05, 0.1) is 0 Å². The number of nitrogens with two attached hydrogens (primary N) is 1. The summed E-state index contributed by atoms with van der Waals surface area (Å²) >= 11 is 0. The van der Waals surface area contributed by atoms with Gasteiger partial charge in [-0.05, 0) is 61.4 Å². The van der Waals surface area contributed by atoms with Gasteiger partial charge in [-0.2, -0.15) is 0 Å². The van der Waals surface area contributed by atoms with Crippen LogP contribution in [0.15, 0.2) is 48.5 Å². The lowest BCUT2D eigenvalue weighted by atomic mass is 9.95. The van der Waals surface area contributed by atoms with E-state index in [1.807, 2.05) is 0 Å². The number of hydrogen-bond donors (Lipinski definition) is 3. The van der Waals surface area contributed by atoms with Crippen LogP contribution in [-0.2, 0) is 0 Å². The summed E-state index contributed by atoms with van der Waals surface area (Å²) in [4.78, 5) is 24.5. The van der Waals surface area contributed by atoms with Gasteiger partial charge in [0.25, 0.3) is 11.8 Å². The summed E-state index contributed by atoms with van der Waals surface area (Å²) in [5, 5.41) is 5.90. The van der Waals surface area contributed by atoms with Gasteiger partial charge < -0.3 is 16.4 Å². The first-order valence-electron chi connectivity index (χ1n) is 8.69. The standard InChI is InChI=1S/C20H23N3O2/c21-16-10-6-14(7-11-16)19(24)23-18-12-8-15(9-13-18)20(25)22-17-4-2-1-3-5-17/h6-13,17H,1-5,21H2,(H,22,25)(H,23,24). The second-order valence-corrected chi connectivity index (χ2v) is 6.46. The average molecular weight is 337 g/mol. The summed E-state index contributed by atoms with van der Waals surface area (Å²) in [6.45, 7) is 0. The minimum absolute atomic E-state index is 0.0525. The predicted octanol–water partition coefficient (Wildman–Crippen LogP) is 3.58. The summed E-state index contributed by atoms with van der Waals surface area (Å²) in [5.41, 5.74) is 8.03. The van der Waals surface area contributed by atoms with E-state index in [2.05, 4.69) is 10.6 Å². The molecule has 0 aromatic heterocycles. The molecular formula is C20H23N3O2. The molecule has 1 saturated carbocycles. The zero-order valence-electron chi connectivity index (χ0n) is 14.1. The number of rotatable bonds is 4. The van der Waals surface area contributed by atoms with Gasteiger partial charge in [-0.1, -0.05) is 19.3 Å². The molecule has 1 aliphatic rings. The highest BCUT2D eigenvalue weighted by molar-refractivity contribution is 6.04. The van der Waals surface area contributed by atoms with Crippen molar-refractivity contribution in [3.63, 3.8) is 0 Å². The quantitative estimate of drug-likeness (QED) is 0.746. The zero-order valence-corrected chi connectivity index (χ0v) is 14.1. The van der Waals surface area contributed by atoms with Crippen molar-refractivity contribution in [2.75, 3.05) is 11.1 Å². The Morgan fingerprint density at radius 2 is 1.36 bits per heavy atom. The number of nitrogens with one attached hydrogen (secondary N) is 2. The number of carbonyl (C=O) groups is 2. The van der Waals surface area contributed by atoms with Gasteiger partial charge in [0.2, 0.25) is 0 Å². The number of anilines is 2. The molecule has 0 unspecified atom stereocenters. The molecular weight excluding hydrogens is 314 g/mol. The van der Waals surface area contributed by atoms with E-state index in [0.717, 1.165) is 12.8 Å². The fourth-order valence-corrected chi connectivity index (χ4v) is 3.06. The number of carbonyl (C=O) groups excluding carboxylic acids is 2. The molecule has 0 radical (unpaired) electrons. The third kappa shape index (κ3) is 4.59. The van der Waals surface area contributed by atoms with E-state index in [1.54, 1.807) is 48.5 Å². The largest absolute Gasteiger partial charge is 0.399 e. The second-order valence-electron chi connectivity index (χ2n) is 6.46. The number of hydrogen-bond acceptors (Lipinski definition) is 3. The van der Waals surface area contributed by atoms with E-state index >= 15 is 0 Å². The Balaban J connectivity index is 1.58. The Labute approximate surface area is 147 Å². The van der Waals surface area contributed by atoms with Crippen molar-refractivity contribution >= 4 is 23.2 Å². The molecule has 130 valence electrons. The third-order valence-corrected chi connectivity index (χ3v) is 4.52. The first-order chi connectivity index (χ1) is 12.1. The van der Waals surface area contributed by atoms with Gasteiger partial charge in [-0.15, -0.1) is 0 Å². The smallest absolute Gasteiger partial charge is 0.255 e. The van der Waals surface area contributed by atoms with Crippen LogP contribution < -0.4 is 16.4 Å². The first kappa shape index (κ1) is 17.0. The zero-order chi connectivity index (χ0) is 17.6. The van der Waals surface area contributed by atoms with Gasteiger partial charge in [0.15, 0.2) is 0 Å². The fourth-order valence-electron chi connectivity index (χ4n) is 3.06. The van der Waals surface area contributed by atoms with Gasteiger partial charge in [-0.3, -0.25) is 9.59 Å². The molecule has 1 aliphatic carbocycles.